The Labute approximate surface area is 215 Å². The maximum absolute atomic E-state index is 12.7. The molecular formula is C26H41NO6S2. The van der Waals surface area contributed by atoms with Crippen molar-refractivity contribution in [3.8, 4) is 5.75 Å². The molecule has 2 N–H and O–H groups in total. The molecule has 7 nitrogen and oxygen atoms in total. The van der Waals surface area contributed by atoms with Crippen LogP contribution in [0.15, 0.2) is 28.5 Å². The maximum Gasteiger partial charge on any atom is 0.320 e. The first kappa shape index (κ1) is 29.7. The molecule has 0 radical (unpaired) electrons. The zero-order valence-corrected chi connectivity index (χ0v) is 23.6. The molecule has 0 aromatic heterocycles. The zero-order chi connectivity index (χ0) is 26.4. The van der Waals surface area contributed by atoms with E-state index < -0.39 is 22.1 Å². The van der Waals surface area contributed by atoms with Crippen molar-refractivity contribution in [3.63, 3.8) is 0 Å². The maximum atomic E-state index is 12.7. The SMILES string of the molecule is CCc1cc(C(CC)(CC)C2CC=C(S(=O)(=O)NCC(=O)OC)S2)ccc1OCC(O)C(C)(C)C. The van der Waals surface area contributed by atoms with E-state index in [-0.39, 0.29) is 33.5 Å². The van der Waals surface area contributed by atoms with Gasteiger partial charge in [-0.2, -0.15) is 4.72 Å². The summed E-state index contributed by atoms with van der Waals surface area (Å²) in [6, 6.07) is 6.23. The molecule has 0 fully saturated rings. The van der Waals surface area contributed by atoms with Crippen molar-refractivity contribution in [2.75, 3.05) is 20.3 Å². The number of hydrogen-bond donors (Lipinski definition) is 2. The van der Waals surface area contributed by atoms with Crippen LogP contribution < -0.4 is 9.46 Å². The molecule has 0 aliphatic carbocycles. The molecule has 0 amide bonds. The molecule has 2 rings (SSSR count). The summed E-state index contributed by atoms with van der Waals surface area (Å²) in [5.41, 5.74) is 1.74. The summed E-state index contributed by atoms with van der Waals surface area (Å²) >= 11 is 1.36. The number of benzene rings is 1. The minimum absolute atomic E-state index is 0.0430. The van der Waals surface area contributed by atoms with Crippen LogP contribution in [0.3, 0.4) is 0 Å². The van der Waals surface area contributed by atoms with Crippen molar-refractivity contribution < 1.29 is 27.8 Å². The Morgan fingerprint density at radius 2 is 1.89 bits per heavy atom. The molecule has 0 bridgehead atoms. The second-order valence-electron chi connectivity index (χ2n) is 10.00. The van der Waals surface area contributed by atoms with Crippen LogP contribution in [0.4, 0.5) is 0 Å². The molecular weight excluding hydrogens is 486 g/mol. The first-order valence-corrected chi connectivity index (χ1v) is 14.6. The number of nitrogens with one attached hydrogen (secondary N) is 1. The van der Waals surface area contributed by atoms with Gasteiger partial charge in [-0.15, -0.1) is 11.8 Å². The highest BCUT2D eigenvalue weighted by Gasteiger charge is 2.42. The Balaban J connectivity index is 2.26. The minimum atomic E-state index is -3.77. The third kappa shape index (κ3) is 7.02. The normalized spacial score (nSPS) is 17.7. The van der Waals surface area contributed by atoms with E-state index in [0.717, 1.165) is 36.1 Å². The van der Waals surface area contributed by atoms with E-state index in [4.69, 9.17) is 4.74 Å². The lowest BCUT2D eigenvalue weighted by molar-refractivity contribution is -0.139. The van der Waals surface area contributed by atoms with Crippen LogP contribution in [-0.4, -0.2) is 51.1 Å². The predicted octanol–water partition coefficient (Wildman–Crippen LogP) is 4.53. The van der Waals surface area contributed by atoms with Crippen LogP contribution in [-0.2, 0) is 31.4 Å². The fourth-order valence-electron chi connectivity index (χ4n) is 4.27. The molecule has 2 unspecified atom stereocenters. The number of thioether (sulfide) groups is 1. The number of rotatable bonds is 12. The van der Waals surface area contributed by atoms with Gasteiger partial charge in [0.25, 0.3) is 0 Å². The summed E-state index contributed by atoms with van der Waals surface area (Å²) in [7, 11) is -2.55. The number of aliphatic hydroxyl groups excluding tert-OH is 1. The molecule has 0 spiro atoms. The van der Waals surface area contributed by atoms with Gasteiger partial charge in [-0.3, -0.25) is 4.79 Å². The Morgan fingerprint density at radius 1 is 1.23 bits per heavy atom. The summed E-state index contributed by atoms with van der Waals surface area (Å²) < 4.78 is 38.6. The van der Waals surface area contributed by atoms with Crippen LogP contribution in [0.1, 0.15) is 71.9 Å². The third-order valence-corrected chi connectivity index (χ3v) is 10.4. The Morgan fingerprint density at radius 3 is 2.43 bits per heavy atom. The van der Waals surface area contributed by atoms with Crippen molar-refractivity contribution in [1.29, 1.82) is 0 Å². The molecule has 9 heteroatoms. The number of methoxy groups -OCH3 is 1. The van der Waals surface area contributed by atoms with Gasteiger partial charge < -0.3 is 14.6 Å². The average molecular weight is 528 g/mol. The van der Waals surface area contributed by atoms with Gasteiger partial charge in [0.05, 0.1) is 13.2 Å². The van der Waals surface area contributed by atoms with Crippen LogP contribution in [0.5, 0.6) is 5.75 Å². The van der Waals surface area contributed by atoms with E-state index in [1.807, 2.05) is 26.8 Å². The number of allylic oxidation sites excluding steroid dienone is 1. The molecule has 0 saturated heterocycles. The number of hydrogen-bond acceptors (Lipinski definition) is 7. The summed E-state index contributed by atoms with van der Waals surface area (Å²) in [6.07, 6.45) is 4.28. The van der Waals surface area contributed by atoms with Crippen LogP contribution >= 0.6 is 11.8 Å². The molecule has 1 aromatic carbocycles. The number of aryl methyl sites for hydroxylation is 1. The van der Waals surface area contributed by atoms with Crippen molar-refractivity contribution in [3.05, 3.63) is 39.6 Å². The molecule has 1 aromatic rings. The number of carbonyl (C=O) groups excluding carboxylic acids is 1. The summed E-state index contributed by atoms with van der Waals surface area (Å²) in [4.78, 5) is 11.4. The smallest absolute Gasteiger partial charge is 0.320 e. The van der Waals surface area contributed by atoms with Crippen LogP contribution in [0, 0.1) is 5.41 Å². The highest BCUT2D eigenvalue weighted by atomic mass is 32.3. The Kier molecular flexibility index (Phi) is 10.3. The van der Waals surface area contributed by atoms with Gasteiger partial charge in [-0.1, -0.05) is 59.8 Å². The largest absolute Gasteiger partial charge is 0.491 e. The highest BCUT2D eigenvalue weighted by Crippen LogP contribution is 2.50. The van der Waals surface area contributed by atoms with Crippen molar-refractivity contribution in [2.45, 2.75) is 84.0 Å². The lowest BCUT2D eigenvalue weighted by Gasteiger charge is -2.38. The van der Waals surface area contributed by atoms with E-state index in [9.17, 15) is 18.3 Å². The first-order chi connectivity index (χ1) is 16.3. The average Bonchev–Trinajstić information content (AvgIpc) is 3.33. The second-order valence-corrected chi connectivity index (χ2v) is 13.2. The molecule has 1 heterocycles. The molecule has 1 aliphatic heterocycles. The second kappa shape index (κ2) is 12.1. The number of aliphatic hydroxyl groups is 1. The van der Waals surface area contributed by atoms with Crippen LogP contribution in [0.25, 0.3) is 0 Å². The minimum Gasteiger partial charge on any atom is -0.491 e. The van der Waals surface area contributed by atoms with E-state index in [1.54, 1.807) is 6.08 Å². The lowest BCUT2D eigenvalue weighted by Crippen LogP contribution is -2.36. The third-order valence-electron chi connectivity index (χ3n) is 6.95. The molecule has 35 heavy (non-hydrogen) atoms. The highest BCUT2D eigenvalue weighted by molar-refractivity contribution is 8.18. The standard InChI is InChI=1S/C26H41NO6S2/c1-8-18-15-19(11-12-20(18)33-17-21(28)25(4,5)6)26(9-2,10-3)22-13-14-24(34-22)35(30,31)27-16-23(29)32-7/h11-12,14-15,21-22,27-28H,8-10,13,16-17H2,1-7H3. The fourth-order valence-corrected chi connectivity index (χ4v) is 7.43. The van der Waals surface area contributed by atoms with Gasteiger partial charge in [0, 0.05) is 10.7 Å². The van der Waals surface area contributed by atoms with Crippen molar-refractivity contribution >= 4 is 27.8 Å². The van der Waals surface area contributed by atoms with Gasteiger partial charge in [-0.05, 0) is 48.3 Å². The molecule has 0 saturated carbocycles. The van der Waals surface area contributed by atoms with E-state index >= 15 is 0 Å². The van der Waals surface area contributed by atoms with Gasteiger partial charge in [0.2, 0.25) is 10.0 Å². The summed E-state index contributed by atoms with van der Waals surface area (Å²) in [5, 5.41) is 10.4. The summed E-state index contributed by atoms with van der Waals surface area (Å²) in [5.74, 6) is 0.141. The monoisotopic (exact) mass is 527 g/mol. The number of esters is 1. The number of carbonyl (C=O) groups is 1. The summed E-state index contributed by atoms with van der Waals surface area (Å²) in [6.45, 7) is 12.1. The van der Waals surface area contributed by atoms with Crippen molar-refractivity contribution in [1.82, 2.24) is 4.72 Å². The first-order valence-electron chi connectivity index (χ1n) is 12.2. The topological polar surface area (TPSA) is 102 Å². The zero-order valence-electron chi connectivity index (χ0n) is 22.0. The van der Waals surface area contributed by atoms with Crippen LogP contribution in [0.2, 0.25) is 0 Å². The van der Waals surface area contributed by atoms with Gasteiger partial charge in [0.1, 0.15) is 23.1 Å². The van der Waals surface area contributed by atoms with Gasteiger partial charge in [-0.25, -0.2) is 8.42 Å². The Hall–Kier alpha value is -1.55. The fraction of sp³-hybridized carbons (Fsp3) is 0.654. The van der Waals surface area contributed by atoms with E-state index in [2.05, 4.69) is 42.4 Å². The number of sulfonamides is 1. The van der Waals surface area contributed by atoms with Gasteiger partial charge in [0.15, 0.2) is 0 Å². The van der Waals surface area contributed by atoms with E-state index in [1.165, 1.54) is 18.9 Å². The molecule has 1 aliphatic rings. The molecule has 198 valence electrons. The Bertz CT molecular complexity index is 1010. The number of ether oxygens (including phenoxy) is 2. The predicted molar refractivity (Wildman–Crippen MR) is 142 cm³/mol. The molecule has 2 atom stereocenters. The van der Waals surface area contributed by atoms with E-state index in [0.29, 0.717) is 6.42 Å². The van der Waals surface area contributed by atoms with Crippen molar-refractivity contribution in [2.24, 2.45) is 5.41 Å². The quantitative estimate of drug-likeness (QED) is 0.385. The van der Waals surface area contributed by atoms with Gasteiger partial charge >= 0.3 is 5.97 Å². The lowest BCUT2D eigenvalue weighted by atomic mass is 9.71.